The van der Waals surface area contributed by atoms with Crippen molar-refractivity contribution < 1.29 is 4.79 Å². The minimum Gasteiger partial charge on any atom is -0.339 e. The molecule has 2 aliphatic rings. The second-order valence-corrected chi connectivity index (χ2v) is 6.14. The third kappa shape index (κ3) is 1.91. The molecule has 0 aromatic heterocycles. The third-order valence-corrected chi connectivity index (χ3v) is 4.05. The third-order valence-electron chi connectivity index (χ3n) is 4.05. The highest BCUT2D eigenvalue weighted by atomic mass is 16.2. The van der Waals surface area contributed by atoms with E-state index in [-0.39, 0.29) is 5.92 Å². The minimum atomic E-state index is 0.153. The Hall–Kier alpha value is -0.530. The molecular weight excluding hydrogens is 186 g/mol. The van der Waals surface area contributed by atoms with Crippen molar-refractivity contribution in [1.29, 1.82) is 0 Å². The van der Waals surface area contributed by atoms with Crippen molar-refractivity contribution in [2.24, 2.45) is 17.3 Å². The molecule has 2 fully saturated rings. The normalized spacial score (nSPS) is 28.1. The maximum Gasteiger partial charge on any atom is 0.225 e. The molecule has 1 atom stereocenters. The summed E-state index contributed by atoms with van der Waals surface area (Å²) in [7, 11) is 0. The predicted octanol–water partition coefficient (Wildman–Crippen LogP) is 2.68. The summed E-state index contributed by atoms with van der Waals surface area (Å²) >= 11 is 0. The molecule has 1 aliphatic heterocycles. The van der Waals surface area contributed by atoms with Gasteiger partial charge in [0.25, 0.3) is 0 Å². The standard InChI is InChI=1S/C13H23NO/c1-9(2)11-7-13(5-6-13)8-14(11)12(15)10(3)4/h9-11H,5-8H2,1-4H3. The molecule has 0 radical (unpaired) electrons. The van der Waals surface area contributed by atoms with Gasteiger partial charge < -0.3 is 4.90 Å². The molecule has 2 rings (SSSR count). The fourth-order valence-electron chi connectivity index (χ4n) is 2.80. The molecule has 1 unspecified atom stereocenters. The van der Waals surface area contributed by atoms with E-state index in [9.17, 15) is 4.79 Å². The lowest BCUT2D eigenvalue weighted by atomic mass is 9.96. The van der Waals surface area contributed by atoms with E-state index >= 15 is 0 Å². The van der Waals surface area contributed by atoms with E-state index in [0.29, 0.717) is 23.3 Å². The molecular formula is C13H23NO. The lowest BCUT2D eigenvalue weighted by Gasteiger charge is -2.29. The van der Waals surface area contributed by atoms with E-state index in [1.807, 2.05) is 13.8 Å². The molecule has 0 bridgehead atoms. The van der Waals surface area contributed by atoms with Crippen LogP contribution in [0.1, 0.15) is 47.0 Å². The summed E-state index contributed by atoms with van der Waals surface area (Å²) in [5.74, 6) is 1.12. The molecule has 1 spiro atoms. The van der Waals surface area contributed by atoms with Crippen LogP contribution in [-0.2, 0) is 4.79 Å². The SMILES string of the molecule is CC(C)C(=O)N1CC2(CC2)CC1C(C)C. The van der Waals surface area contributed by atoms with Gasteiger partial charge in [-0.3, -0.25) is 4.79 Å². The highest BCUT2D eigenvalue weighted by Crippen LogP contribution is 2.55. The monoisotopic (exact) mass is 209 g/mol. The zero-order valence-electron chi connectivity index (χ0n) is 10.4. The first-order chi connectivity index (χ1) is 6.95. The van der Waals surface area contributed by atoms with Crippen LogP contribution < -0.4 is 0 Å². The number of hydrogen-bond donors (Lipinski definition) is 0. The number of amides is 1. The zero-order chi connectivity index (χ0) is 11.2. The van der Waals surface area contributed by atoms with Crippen LogP contribution in [-0.4, -0.2) is 23.4 Å². The van der Waals surface area contributed by atoms with Gasteiger partial charge >= 0.3 is 0 Å². The van der Waals surface area contributed by atoms with Crippen LogP contribution in [0.25, 0.3) is 0 Å². The summed E-state index contributed by atoms with van der Waals surface area (Å²) in [4.78, 5) is 14.3. The number of hydrogen-bond acceptors (Lipinski definition) is 1. The van der Waals surface area contributed by atoms with Gasteiger partial charge in [-0.2, -0.15) is 0 Å². The van der Waals surface area contributed by atoms with Gasteiger partial charge in [0.1, 0.15) is 0 Å². The fraction of sp³-hybridized carbons (Fsp3) is 0.923. The van der Waals surface area contributed by atoms with Crippen LogP contribution in [0.3, 0.4) is 0 Å². The van der Waals surface area contributed by atoms with Crippen LogP contribution >= 0.6 is 0 Å². The van der Waals surface area contributed by atoms with Gasteiger partial charge in [-0.15, -0.1) is 0 Å². The van der Waals surface area contributed by atoms with Crippen LogP contribution in [0.4, 0.5) is 0 Å². The fourth-order valence-corrected chi connectivity index (χ4v) is 2.80. The Morgan fingerprint density at radius 3 is 2.27 bits per heavy atom. The Kier molecular flexibility index (Phi) is 2.56. The molecule has 2 nitrogen and oxygen atoms in total. The topological polar surface area (TPSA) is 20.3 Å². The molecule has 1 amide bonds. The maximum atomic E-state index is 12.1. The van der Waals surface area contributed by atoms with Crippen LogP contribution in [0, 0.1) is 17.3 Å². The van der Waals surface area contributed by atoms with Crippen molar-refractivity contribution in [2.75, 3.05) is 6.54 Å². The molecule has 86 valence electrons. The van der Waals surface area contributed by atoms with E-state index in [1.54, 1.807) is 0 Å². The Balaban J connectivity index is 2.11. The van der Waals surface area contributed by atoms with Gasteiger partial charge in [0, 0.05) is 18.5 Å². The van der Waals surface area contributed by atoms with Crippen LogP contribution in [0.5, 0.6) is 0 Å². The summed E-state index contributed by atoms with van der Waals surface area (Å²) in [5.41, 5.74) is 0.541. The number of carbonyl (C=O) groups excluding carboxylic acids is 1. The quantitative estimate of drug-likeness (QED) is 0.684. The largest absolute Gasteiger partial charge is 0.339 e. The van der Waals surface area contributed by atoms with E-state index in [0.717, 1.165) is 6.54 Å². The summed E-state index contributed by atoms with van der Waals surface area (Å²) in [6, 6.07) is 0.502. The van der Waals surface area contributed by atoms with Gasteiger partial charge in [0.2, 0.25) is 5.91 Å². The molecule has 1 saturated heterocycles. The first-order valence-corrected chi connectivity index (χ1v) is 6.26. The Bertz CT molecular complexity index is 266. The first-order valence-electron chi connectivity index (χ1n) is 6.26. The van der Waals surface area contributed by atoms with Crippen molar-refractivity contribution in [3.63, 3.8) is 0 Å². The summed E-state index contributed by atoms with van der Waals surface area (Å²) in [5, 5.41) is 0. The number of carbonyl (C=O) groups is 1. The average Bonchev–Trinajstić information content (AvgIpc) is 2.76. The molecule has 2 heteroatoms. The van der Waals surface area contributed by atoms with Crippen LogP contribution in [0.15, 0.2) is 0 Å². The first kappa shape index (κ1) is 11.0. The summed E-state index contributed by atoms with van der Waals surface area (Å²) < 4.78 is 0. The Labute approximate surface area is 93.0 Å². The second kappa shape index (κ2) is 3.50. The average molecular weight is 209 g/mol. The van der Waals surface area contributed by atoms with E-state index < -0.39 is 0 Å². The van der Waals surface area contributed by atoms with Crippen LogP contribution in [0.2, 0.25) is 0 Å². The lowest BCUT2D eigenvalue weighted by molar-refractivity contribution is -0.136. The highest BCUT2D eigenvalue weighted by Gasteiger charge is 2.53. The van der Waals surface area contributed by atoms with Gasteiger partial charge in [0.15, 0.2) is 0 Å². The van der Waals surface area contributed by atoms with E-state index in [4.69, 9.17) is 0 Å². The second-order valence-electron chi connectivity index (χ2n) is 6.14. The summed E-state index contributed by atoms with van der Waals surface area (Å²) in [6.07, 6.45) is 3.94. The molecule has 15 heavy (non-hydrogen) atoms. The molecule has 1 aliphatic carbocycles. The number of likely N-dealkylation sites (tertiary alicyclic amines) is 1. The minimum absolute atomic E-state index is 0.153. The van der Waals surface area contributed by atoms with Crippen molar-refractivity contribution in [2.45, 2.75) is 53.0 Å². The smallest absolute Gasteiger partial charge is 0.225 e. The van der Waals surface area contributed by atoms with Crippen molar-refractivity contribution in [3.05, 3.63) is 0 Å². The van der Waals surface area contributed by atoms with Gasteiger partial charge in [-0.25, -0.2) is 0 Å². The van der Waals surface area contributed by atoms with E-state index in [2.05, 4.69) is 18.7 Å². The van der Waals surface area contributed by atoms with Crippen molar-refractivity contribution in [3.8, 4) is 0 Å². The zero-order valence-corrected chi connectivity index (χ0v) is 10.4. The highest BCUT2D eigenvalue weighted by molar-refractivity contribution is 5.79. The number of nitrogens with zero attached hydrogens (tertiary/aromatic N) is 1. The lowest BCUT2D eigenvalue weighted by Crippen LogP contribution is -2.40. The van der Waals surface area contributed by atoms with Crippen molar-refractivity contribution >= 4 is 5.91 Å². The molecule has 0 aromatic carbocycles. The van der Waals surface area contributed by atoms with Gasteiger partial charge in [-0.1, -0.05) is 27.7 Å². The van der Waals surface area contributed by atoms with Gasteiger partial charge in [0.05, 0.1) is 0 Å². The molecule has 0 N–H and O–H groups in total. The van der Waals surface area contributed by atoms with E-state index in [1.165, 1.54) is 19.3 Å². The molecule has 1 saturated carbocycles. The molecule has 0 aromatic rings. The molecule has 1 heterocycles. The summed E-state index contributed by atoms with van der Waals surface area (Å²) in [6.45, 7) is 9.54. The number of rotatable bonds is 2. The van der Waals surface area contributed by atoms with Gasteiger partial charge in [-0.05, 0) is 30.6 Å². The maximum absolute atomic E-state index is 12.1. The van der Waals surface area contributed by atoms with Crippen molar-refractivity contribution in [1.82, 2.24) is 4.90 Å². The Morgan fingerprint density at radius 2 is 1.87 bits per heavy atom. The predicted molar refractivity (Wildman–Crippen MR) is 61.5 cm³/mol. The Morgan fingerprint density at radius 1 is 1.27 bits per heavy atom.